The fourth-order valence-electron chi connectivity index (χ4n) is 2.48. The maximum absolute atomic E-state index is 6.10. The number of hydrogen-bond acceptors (Lipinski definition) is 4. The maximum Gasteiger partial charge on any atom is 0.502 e. The van der Waals surface area contributed by atoms with Gasteiger partial charge >= 0.3 is 7.12 Å². The molecule has 1 aromatic heterocycles. The Morgan fingerprint density at radius 2 is 1.70 bits per heavy atom. The zero-order valence-electron chi connectivity index (χ0n) is 14.4. The molecule has 0 atom stereocenters. The average molecular weight is 314 g/mol. The van der Waals surface area contributed by atoms with Crippen molar-refractivity contribution in [2.45, 2.75) is 45.5 Å². The summed E-state index contributed by atoms with van der Waals surface area (Å²) < 4.78 is 19.9. The molecule has 1 aliphatic heterocycles. The Morgan fingerprint density at radius 1 is 1.09 bits per heavy atom. The number of ether oxygens (including phenoxy) is 1. The van der Waals surface area contributed by atoms with E-state index in [1.807, 2.05) is 65.1 Å². The minimum absolute atomic E-state index is 0.385. The first-order valence-electron chi connectivity index (χ1n) is 7.84. The van der Waals surface area contributed by atoms with E-state index in [9.17, 15) is 0 Å². The van der Waals surface area contributed by atoms with Crippen molar-refractivity contribution in [3.8, 4) is 5.88 Å². The number of benzene rings is 1. The molecule has 3 rings (SSSR count). The summed E-state index contributed by atoms with van der Waals surface area (Å²) in [5.74, 6) is 0.673. The maximum atomic E-state index is 6.10. The molecule has 0 amide bonds. The first-order chi connectivity index (χ1) is 10.8. The Bertz CT molecular complexity index is 666. The lowest BCUT2D eigenvalue weighted by Gasteiger charge is -2.32. The predicted octanol–water partition coefficient (Wildman–Crippen LogP) is 2.30. The fraction of sp³-hybridized carbons (Fsp3) is 0.471. The topological polar surface area (TPSA) is 45.5 Å². The van der Waals surface area contributed by atoms with Gasteiger partial charge in [-0.15, -0.1) is 0 Å². The molecule has 1 saturated heterocycles. The van der Waals surface area contributed by atoms with Crippen molar-refractivity contribution in [1.82, 2.24) is 9.78 Å². The lowest BCUT2D eigenvalue weighted by molar-refractivity contribution is 0.00578. The summed E-state index contributed by atoms with van der Waals surface area (Å²) >= 11 is 0. The van der Waals surface area contributed by atoms with Gasteiger partial charge in [0.2, 0.25) is 5.88 Å². The third kappa shape index (κ3) is 3.01. The van der Waals surface area contributed by atoms with Crippen LogP contribution in [0.1, 0.15) is 33.3 Å². The van der Waals surface area contributed by atoms with E-state index in [4.69, 9.17) is 14.0 Å². The highest BCUT2D eigenvalue weighted by atomic mass is 16.7. The number of hydrogen-bond donors (Lipinski definition) is 0. The molecule has 0 bridgehead atoms. The van der Waals surface area contributed by atoms with Crippen molar-refractivity contribution in [1.29, 1.82) is 0 Å². The van der Waals surface area contributed by atoms with Gasteiger partial charge in [-0.1, -0.05) is 30.3 Å². The fourth-order valence-corrected chi connectivity index (χ4v) is 2.48. The molecule has 2 heterocycles. The van der Waals surface area contributed by atoms with E-state index in [2.05, 4.69) is 5.10 Å². The van der Waals surface area contributed by atoms with Crippen LogP contribution in [0.3, 0.4) is 0 Å². The standard InChI is InChI=1S/C17H23BN2O3/c1-16(2)17(3,4)23-18(22-16)14-11-19-20(5)15(14)21-12-13-9-7-6-8-10-13/h6-11H,12H2,1-5H3. The van der Waals surface area contributed by atoms with Gasteiger partial charge in [0, 0.05) is 7.05 Å². The van der Waals surface area contributed by atoms with E-state index in [-0.39, 0.29) is 11.2 Å². The molecule has 0 N–H and O–H groups in total. The van der Waals surface area contributed by atoms with Gasteiger partial charge in [0.15, 0.2) is 0 Å². The van der Waals surface area contributed by atoms with Crippen molar-refractivity contribution in [3.63, 3.8) is 0 Å². The van der Waals surface area contributed by atoms with Gasteiger partial charge in [0.05, 0.1) is 22.9 Å². The second-order valence-electron chi connectivity index (χ2n) is 6.89. The van der Waals surface area contributed by atoms with Gasteiger partial charge in [-0.05, 0) is 33.3 Å². The first-order valence-corrected chi connectivity index (χ1v) is 7.84. The molecule has 122 valence electrons. The van der Waals surface area contributed by atoms with Gasteiger partial charge < -0.3 is 14.0 Å². The van der Waals surface area contributed by atoms with E-state index in [1.54, 1.807) is 10.9 Å². The van der Waals surface area contributed by atoms with Crippen LogP contribution in [0, 0.1) is 0 Å². The normalized spacial score (nSPS) is 19.1. The average Bonchev–Trinajstić information content (AvgIpc) is 2.95. The zero-order chi connectivity index (χ0) is 16.7. The molecule has 1 aliphatic rings. The lowest BCUT2D eigenvalue weighted by Crippen LogP contribution is -2.41. The van der Waals surface area contributed by atoms with Crippen molar-refractivity contribution >= 4 is 12.6 Å². The largest absolute Gasteiger partial charge is 0.502 e. The van der Waals surface area contributed by atoms with Crippen LogP contribution < -0.4 is 10.2 Å². The molecule has 0 aliphatic carbocycles. The van der Waals surface area contributed by atoms with Crippen molar-refractivity contribution in [2.75, 3.05) is 0 Å². The summed E-state index contributed by atoms with van der Waals surface area (Å²) in [6.45, 7) is 8.62. The molecular weight excluding hydrogens is 291 g/mol. The summed E-state index contributed by atoms with van der Waals surface area (Å²) in [6, 6.07) is 10.0. The third-order valence-electron chi connectivity index (χ3n) is 4.64. The van der Waals surface area contributed by atoms with Crippen molar-refractivity contribution in [2.24, 2.45) is 7.05 Å². The zero-order valence-corrected chi connectivity index (χ0v) is 14.4. The summed E-state index contributed by atoms with van der Waals surface area (Å²) in [5.41, 5.74) is 1.16. The summed E-state index contributed by atoms with van der Waals surface area (Å²) in [4.78, 5) is 0. The number of rotatable bonds is 4. The molecule has 2 aromatic rings. The molecule has 1 fully saturated rings. The molecule has 1 aromatic carbocycles. The lowest BCUT2D eigenvalue weighted by atomic mass is 9.81. The molecule has 23 heavy (non-hydrogen) atoms. The SMILES string of the molecule is Cn1ncc(B2OC(C)(C)C(C)(C)O2)c1OCc1ccccc1. The summed E-state index contributed by atoms with van der Waals surface area (Å²) in [6.07, 6.45) is 1.75. The van der Waals surface area contributed by atoms with Crippen LogP contribution in [-0.2, 0) is 23.0 Å². The number of nitrogens with zero attached hydrogens (tertiary/aromatic N) is 2. The Morgan fingerprint density at radius 3 is 2.30 bits per heavy atom. The number of aromatic nitrogens is 2. The van der Waals surface area contributed by atoms with Gasteiger partial charge in [0.1, 0.15) is 6.61 Å². The Kier molecular flexibility index (Phi) is 3.98. The van der Waals surface area contributed by atoms with Crippen LogP contribution >= 0.6 is 0 Å². The van der Waals surface area contributed by atoms with Crippen molar-refractivity contribution in [3.05, 3.63) is 42.1 Å². The monoisotopic (exact) mass is 314 g/mol. The quantitative estimate of drug-likeness (QED) is 0.813. The number of aryl methyl sites for hydroxylation is 1. The van der Waals surface area contributed by atoms with E-state index in [0.717, 1.165) is 11.0 Å². The summed E-state index contributed by atoms with van der Waals surface area (Å²) in [7, 11) is 1.38. The molecule has 6 heteroatoms. The van der Waals surface area contributed by atoms with Crippen molar-refractivity contribution < 1.29 is 14.0 Å². The Labute approximate surface area is 137 Å². The molecule has 0 spiro atoms. The highest BCUT2D eigenvalue weighted by Gasteiger charge is 2.53. The molecule has 0 radical (unpaired) electrons. The minimum Gasteiger partial charge on any atom is -0.473 e. The van der Waals surface area contributed by atoms with Gasteiger partial charge in [-0.25, -0.2) is 4.68 Å². The highest BCUT2D eigenvalue weighted by molar-refractivity contribution is 6.63. The molecular formula is C17H23BN2O3. The van der Waals surface area contributed by atoms with Crippen LogP contribution in [0.25, 0.3) is 0 Å². The van der Waals surface area contributed by atoms with Crippen LogP contribution in [-0.4, -0.2) is 28.1 Å². The van der Waals surface area contributed by atoms with E-state index < -0.39 is 7.12 Å². The van der Waals surface area contributed by atoms with Gasteiger partial charge in [0.25, 0.3) is 0 Å². The Hall–Kier alpha value is -1.79. The predicted molar refractivity (Wildman–Crippen MR) is 89.7 cm³/mol. The van der Waals surface area contributed by atoms with Gasteiger partial charge in [-0.3, -0.25) is 0 Å². The van der Waals surface area contributed by atoms with Crippen LogP contribution in [0.2, 0.25) is 0 Å². The second kappa shape index (κ2) is 5.69. The van der Waals surface area contributed by atoms with E-state index in [1.165, 1.54) is 0 Å². The Balaban J connectivity index is 1.80. The van der Waals surface area contributed by atoms with Crippen LogP contribution in [0.5, 0.6) is 5.88 Å². The first kappa shape index (κ1) is 16.1. The smallest absolute Gasteiger partial charge is 0.473 e. The molecule has 5 nitrogen and oxygen atoms in total. The minimum atomic E-state index is -0.473. The van der Waals surface area contributed by atoms with E-state index in [0.29, 0.717) is 12.5 Å². The van der Waals surface area contributed by atoms with Gasteiger partial charge in [-0.2, -0.15) is 5.10 Å². The summed E-state index contributed by atoms with van der Waals surface area (Å²) in [5, 5.41) is 4.30. The highest BCUT2D eigenvalue weighted by Crippen LogP contribution is 2.37. The van der Waals surface area contributed by atoms with Crippen LogP contribution in [0.4, 0.5) is 0 Å². The van der Waals surface area contributed by atoms with Crippen LogP contribution in [0.15, 0.2) is 36.5 Å². The molecule has 0 saturated carbocycles. The second-order valence-corrected chi connectivity index (χ2v) is 6.89. The third-order valence-corrected chi connectivity index (χ3v) is 4.64. The molecule has 0 unspecified atom stereocenters. The van der Waals surface area contributed by atoms with E-state index >= 15 is 0 Å².